The second-order valence-corrected chi connectivity index (χ2v) is 3.76. The lowest BCUT2D eigenvalue weighted by atomic mass is 9.98. The number of nitrogens with one attached hydrogen (secondary N) is 1. The molecule has 0 aliphatic rings. The number of hydrogen-bond acceptors (Lipinski definition) is 2. The third kappa shape index (κ3) is 1.97. The number of aromatic nitrogens is 2. The fourth-order valence-electron chi connectivity index (χ4n) is 1.71. The van der Waals surface area contributed by atoms with Crippen molar-refractivity contribution in [1.29, 1.82) is 0 Å². The maximum Gasteiger partial charge on any atom is 0.127 e. The predicted molar refractivity (Wildman–Crippen MR) is 60.4 cm³/mol. The third-order valence-electron chi connectivity index (χ3n) is 2.69. The number of aromatic amines is 1. The Balaban J connectivity index is 2.39. The van der Waals surface area contributed by atoms with Gasteiger partial charge in [0.05, 0.1) is 0 Å². The minimum atomic E-state index is -0.221. The molecule has 2 rings (SSSR count). The van der Waals surface area contributed by atoms with Crippen molar-refractivity contribution in [3.63, 3.8) is 0 Å². The molecular formula is C12H14FN3. The molecule has 0 saturated carbocycles. The van der Waals surface area contributed by atoms with E-state index in [-0.39, 0.29) is 11.7 Å². The van der Waals surface area contributed by atoms with Gasteiger partial charge in [0.25, 0.3) is 0 Å². The number of halogens is 1. The molecule has 0 aliphatic heterocycles. The van der Waals surface area contributed by atoms with Crippen molar-refractivity contribution in [2.45, 2.75) is 19.4 Å². The van der Waals surface area contributed by atoms with Gasteiger partial charge in [0.1, 0.15) is 11.6 Å². The van der Waals surface area contributed by atoms with Crippen LogP contribution in [0.4, 0.5) is 4.39 Å². The smallest absolute Gasteiger partial charge is 0.127 e. The average Bonchev–Trinajstić information content (AvgIpc) is 2.82. The highest BCUT2D eigenvalue weighted by atomic mass is 19.1. The third-order valence-corrected chi connectivity index (χ3v) is 2.69. The summed E-state index contributed by atoms with van der Waals surface area (Å²) in [5.74, 6) is 0.440. The van der Waals surface area contributed by atoms with Crippen LogP contribution in [0.15, 0.2) is 30.6 Å². The lowest BCUT2D eigenvalue weighted by molar-refractivity contribution is 0.598. The fourth-order valence-corrected chi connectivity index (χ4v) is 1.71. The van der Waals surface area contributed by atoms with Crippen molar-refractivity contribution in [3.8, 4) is 0 Å². The van der Waals surface area contributed by atoms with Gasteiger partial charge in [0.15, 0.2) is 0 Å². The number of hydrogen-bond donors (Lipinski definition) is 2. The Bertz CT molecular complexity index is 465. The van der Waals surface area contributed by atoms with Crippen LogP contribution in [-0.4, -0.2) is 9.97 Å². The van der Waals surface area contributed by atoms with Crippen molar-refractivity contribution < 1.29 is 4.39 Å². The topological polar surface area (TPSA) is 54.7 Å². The van der Waals surface area contributed by atoms with E-state index >= 15 is 0 Å². The number of nitrogens with zero attached hydrogens (tertiary/aromatic N) is 1. The first-order valence-corrected chi connectivity index (χ1v) is 5.20. The van der Waals surface area contributed by atoms with Crippen molar-refractivity contribution in [2.24, 2.45) is 5.73 Å². The maximum atomic E-state index is 13.7. The summed E-state index contributed by atoms with van der Waals surface area (Å²) in [6.07, 6.45) is 3.40. The molecule has 0 bridgehead atoms. The highest BCUT2D eigenvalue weighted by Gasteiger charge is 2.15. The number of imidazole rings is 1. The summed E-state index contributed by atoms with van der Waals surface area (Å²) in [6, 6.07) is 4.95. The monoisotopic (exact) mass is 219 g/mol. The molecule has 16 heavy (non-hydrogen) atoms. The maximum absolute atomic E-state index is 13.7. The zero-order valence-electron chi connectivity index (χ0n) is 9.07. The first-order chi connectivity index (χ1) is 7.72. The summed E-state index contributed by atoms with van der Waals surface area (Å²) in [5.41, 5.74) is 7.09. The average molecular weight is 219 g/mol. The molecule has 3 nitrogen and oxygen atoms in total. The predicted octanol–water partition coefficient (Wildman–Crippen LogP) is 2.16. The van der Waals surface area contributed by atoms with Gasteiger partial charge in [0.2, 0.25) is 0 Å². The Labute approximate surface area is 93.5 Å². The number of nitrogens with two attached hydrogens (primary N) is 1. The zero-order valence-corrected chi connectivity index (χ0v) is 9.07. The van der Waals surface area contributed by atoms with Gasteiger partial charge in [-0.1, -0.05) is 19.1 Å². The zero-order chi connectivity index (χ0) is 11.5. The minimum Gasteiger partial charge on any atom is -0.348 e. The van der Waals surface area contributed by atoms with E-state index in [2.05, 4.69) is 9.97 Å². The van der Waals surface area contributed by atoms with E-state index in [0.29, 0.717) is 12.1 Å². The molecule has 1 atom stereocenters. The van der Waals surface area contributed by atoms with Crippen LogP contribution in [0.25, 0.3) is 0 Å². The molecule has 0 spiro atoms. The van der Waals surface area contributed by atoms with E-state index in [1.54, 1.807) is 24.5 Å². The van der Waals surface area contributed by atoms with E-state index in [4.69, 9.17) is 5.73 Å². The van der Waals surface area contributed by atoms with Gasteiger partial charge < -0.3 is 10.7 Å². The van der Waals surface area contributed by atoms with Crippen LogP contribution in [0.3, 0.4) is 0 Å². The lowest BCUT2D eigenvalue weighted by Crippen LogP contribution is -2.04. The second-order valence-electron chi connectivity index (χ2n) is 3.76. The molecule has 0 fully saturated rings. The number of rotatable bonds is 3. The van der Waals surface area contributed by atoms with E-state index in [0.717, 1.165) is 11.4 Å². The van der Waals surface area contributed by atoms with Gasteiger partial charge in [0, 0.05) is 24.9 Å². The van der Waals surface area contributed by atoms with E-state index in [1.807, 2.05) is 6.92 Å². The van der Waals surface area contributed by atoms with Gasteiger partial charge in [-0.3, -0.25) is 0 Å². The standard InChI is InChI=1S/C12H14FN3/c1-8(12-15-4-5-16-12)10-6-9(7-14)2-3-11(10)13/h2-6,8H,7,14H2,1H3,(H,15,16). The number of benzene rings is 1. The van der Waals surface area contributed by atoms with Crippen LogP contribution in [0.1, 0.15) is 29.8 Å². The Morgan fingerprint density at radius 2 is 2.31 bits per heavy atom. The molecule has 4 heteroatoms. The molecular weight excluding hydrogens is 205 g/mol. The summed E-state index contributed by atoms with van der Waals surface area (Å²) in [6.45, 7) is 2.33. The molecule has 0 aliphatic carbocycles. The van der Waals surface area contributed by atoms with Crippen LogP contribution in [0.2, 0.25) is 0 Å². The highest BCUT2D eigenvalue weighted by Crippen LogP contribution is 2.24. The summed E-state index contributed by atoms with van der Waals surface area (Å²) in [4.78, 5) is 7.13. The molecule has 0 saturated heterocycles. The molecule has 0 amide bonds. The van der Waals surface area contributed by atoms with Gasteiger partial charge in [-0.25, -0.2) is 9.37 Å². The van der Waals surface area contributed by atoms with Crippen molar-refractivity contribution in [3.05, 3.63) is 53.4 Å². The summed E-state index contributed by atoms with van der Waals surface area (Å²) < 4.78 is 13.7. The van der Waals surface area contributed by atoms with Crippen LogP contribution in [0.5, 0.6) is 0 Å². The van der Waals surface area contributed by atoms with Crippen molar-refractivity contribution >= 4 is 0 Å². The summed E-state index contributed by atoms with van der Waals surface area (Å²) >= 11 is 0. The molecule has 1 aromatic heterocycles. The van der Waals surface area contributed by atoms with Crippen LogP contribution < -0.4 is 5.73 Å². The Morgan fingerprint density at radius 1 is 1.50 bits per heavy atom. The van der Waals surface area contributed by atoms with Crippen LogP contribution >= 0.6 is 0 Å². The lowest BCUT2D eigenvalue weighted by Gasteiger charge is -2.11. The van der Waals surface area contributed by atoms with Crippen molar-refractivity contribution in [2.75, 3.05) is 0 Å². The van der Waals surface area contributed by atoms with E-state index in [1.165, 1.54) is 6.07 Å². The summed E-state index contributed by atoms with van der Waals surface area (Å²) in [7, 11) is 0. The SMILES string of the molecule is CC(c1ncc[nH]1)c1cc(CN)ccc1F. The molecule has 1 heterocycles. The molecule has 84 valence electrons. The summed E-state index contributed by atoms with van der Waals surface area (Å²) in [5, 5.41) is 0. The molecule has 1 aromatic carbocycles. The second kappa shape index (κ2) is 4.45. The molecule has 2 aromatic rings. The van der Waals surface area contributed by atoms with E-state index in [9.17, 15) is 4.39 Å². The van der Waals surface area contributed by atoms with E-state index < -0.39 is 0 Å². The first-order valence-electron chi connectivity index (χ1n) is 5.20. The number of H-pyrrole nitrogens is 1. The molecule has 3 N–H and O–H groups in total. The largest absolute Gasteiger partial charge is 0.348 e. The van der Waals surface area contributed by atoms with Gasteiger partial charge >= 0.3 is 0 Å². The van der Waals surface area contributed by atoms with Gasteiger partial charge in [-0.15, -0.1) is 0 Å². The fraction of sp³-hybridized carbons (Fsp3) is 0.250. The Kier molecular flexibility index (Phi) is 3.01. The quantitative estimate of drug-likeness (QED) is 0.831. The minimum absolute atomic E-state index is 0.0958. The van der Waals surface area contributed by atoms with Gasteiger partial charge in [-0.05, 0) is 17.2 Å². The highest BCUT2D eigenvalue weighted by molar-refractivity contribution is 5.31. The Morgan fingerprint density at radius 3 is 2.94 bits per heavy atom. The molecule has 1 unspecified atom stereocenters. The van der Waals surface area contributed by atoms with Crippen molar-refractivity contribution in [1.82, 2.24) is 9.97 Å². The molecule has 0 radical (unpaired) electrons. The van der Waals surface area contributed by atoms with Crippen LogP contribution in [-0.2, 0) is 6.54 Å². The first kappa shape index (κ1) is 10.8. The van der Waals surface area contributed by atoms with Gasteiger partial charge in [-0.2, -0.15) is 0 Å². The van der Waals surface area contributed by atoms with Crippen LogP contribution in [0, 0.1) is 5.82 Å². The Hall–Kier alpha value is -1.68. The normalized spacial score (nSPS) is 12.7.